The molecule has 1 aliphatic rings. The fraction of sp³-hybridized carbons (Fsp3) is 0.600. The van der Waals surface area contributed by atoms with E-state index < -0.39 is 0 Å². The molecule has 1 aliphatic heterocycles. The Morgan fingerprint density at radius 2 is 2.25 bits per heavy atom. The van der Waals surface area contributed by atoms with Gasteiger partial charge in [0.2, 0.25) is 5.91 Å². The topological polar surface area (TPSA) is 54.5 Å². The maximum Gasteiger partial charge on any atom is 0.223 e. The van der Waals surface area contributed by atoms with Crippen LogP contribution < -0.4 is 10.2 Å². The molecule has 2 heterocycles. The number of aromatic nitrogens is 1. The lowest BCUT2D eigenvalue weighted by molar-refractivity contribution is -0.124. The maximum atomic E-state index is 11.9. The first-order chi connectivity index (χ1) is 9.72. The predicted molar refractivity (Wildman–Crippen MR) is 78.6 cm³/mol. The van der Waals surface area contributed by atoms with E-state index in [9.17, 15) is 4.79 Å². The molecule has 0 aliphatic carbocycles. The third kappa shape index (κ3) is 3.70. The Bertz CT molecular complexity index is 444. The molecule has 1 amide bonds. The van der Waals surface area contributed by atoms with Crippen LogP contribution in [0.2, 0.25) is 0 Å². The number of carbonyl (C=O) groups is 1. The molecule has 1 aromatic heterocycles. The maximum absolute atomic E-state index is 11.9. The van der Waals surface area contributed by atoms with Crippen molar-refractivity contribution >= 4 is 11.7 Å². The summed E-state index contributed by atoms with van der Waals surface area (Å²) in [6, 6.07) is 3.93. The molecule has 5 heteroatoms. The quantitative estimate of drug-likeness (QED) is 0.888. The molecular weight excluding hydrogens is 254 g/mol. The summed E-state index contributed by atoms with van der Waals surface area (Å²) in [7, 11) is 0. The summed E-state index contributed by atoms with van der Waals surface area (Å²) in [6.45, 7) is 7.66. The minimum absolute atomic E-state index is 0.0542. The molecule has 110 valence electrons. The minimum atomic E-state index is 0.0542. The number of amides is 1. The number of nitrogens with one attached hydrogen (secondary N) is 1. The molecule has 1 fully saturated rings. The van der Waals surface area contributed by atoms with Crippen molar-refractivity contribution in [2.24, 2.45) is 5.92 Å². The van der Waals surface area contributed by atoms with E-state index in [4.69, 9.17) is 4.74 Å². The zero-order valence-corrected chi connectivity index (χ0v) is 12.3. The van der Waals surface area contributed by atoms with Crippen molar-refractivity contribution in [2.45, 2.75) is 26.8 Å². The van der Waals surface area contributed by atoms with Crippen molar-refractivity contribution in [1.82, 2.24) is 10.3 Å². The number of hydrogen-bond donors (Lipinski definition) is 1. The third-order valence-electron chi connectivity index (χ3n) is 3.69. The smallest absolute Gasteiger partial charge is 0.223 e. The zero-order chi connectivity index (χ0) is 14.4. The molecule has 1 N–H and O–H groups in total. The summed E-state index contributed by atoms with van der Waals surface area (Å²) in [5.41, 5.74) is 1.06. The molecule has 5 nitrogen and oxygen atoms in total. The number of anilines is 1. The molecule has 0 spiro atoms. The van der Waals surface area contributed by atoms with Gasteiger partial charge in [-0.2, -0.15) is 0 Å². The van der Waals surface area contributed by atoms with Gasteiger partial charge in [0, 0.05) is 37.3 Å². The number of morpholine rings is 1. The number of carbonyl (C=O) groups excluding carboxylic acids is 1. The summed E-state index contributed by atoms with van der Waals surface area (Å²) in [5, 5.41) is 2.99. The van der Waals surface area contributed by atoms with Crippen molar-refractivity contribution in [2.75, 3.05) is 31.2 Å². The van der Waals surface area contributed by atoms with Gasteiger partial charge in [-0.3, -0.25) is 4.79 Å². The van der Waals surface area contributed by atoms with E-state index >= 15 is 0 Å². The Hall–Kier alpha value is -1.62. The average Bonchev–Trinajstić information content (AvgIpc) is 2.53. The largest absolute Gasteiger partial charge is 0.378 e. The normalized spacial score (nSPS) is 16.8. The molecule has 0 bridgehead atoms. The Kier molecular flexibility index (Phi) is 5.35. The van der Waals surface area contributed by atoms with E-state index in [2.05, 4.69) is 15.2 Å². The summed E-state index contributed by atoms with van der Waals surface area (Å²) in [5.74, 6) is 1.11. The molecule has 1 saturated heterocycles. The van der Waals surface area contributed by atoms with Gasteiger partial charge in [0.05, 0.1) is 13.2 Å². The molecule has 20 heavy (non-hydrogen) atoms. The summed E-state index contributed by atoms with van der Waals surface area (Å²) in [4.78, 5) is 18.6. The van der Waals surface area contributed by atoms with Gasteiger partial charge >= 0.3 is 0 Å². The van der Waals surface area contributed by atoms with E-state index in [1.165, 1.54) is 0 Å². The fourth-order valence-corrected chi connectivity index (χ4v) is 2.17. The fourth-order valence-electron chi connectivity index (χ4n) is 2.17. The van der Waals surface area contributed by atoms with Gasteiger partial charge in [-0.15, -0.1) is 0 Å². The number of pyridine rings is 1. The third-order valence-corrected chi connectivity index (χ3v) is 3.69. The van der Waals surface area contributed by atoms with Crippen LogP contribution in [0, 0.1) is 5.92 Å². The second-order valence-electron chi connectivity index (χ2n) is 5.11. The highest BCUT2D eigenvalue weighted by Crippen LogP contribution is 2.18. The monoisotopic (exact) mass is 277 g/mol. The van der Waals surface area contributed by atoms with Gasteiger partial charge in [-0.05, 0) is 12.5 Å². The molecule has 1 atom stereocenters. The van der Waals surface area contributed by atoms with Crippen LogP contribution >= 0.6 is 0 Å². The predicted octanol–water partition coefficient (Wildman–Crippen LogP) is 1.58. The van der Waals surface area contributed by atoms with Crippen LogP contribution in [0.15, 0.2) is 18.3 Å². The van der Waals surface area contributed by atoms with Crippen LogP contribution in [-0.4, -0.2) is 37.2 Å². The van der Waals surface area contributed by atoms with Gasteiger partial charge in [0.1, 0.15) is 5.82 Å². The van der Waals surface area contributed by atoms with E-state index in [0.717, 1.165) is 44.1 Å². The summed E-state index contributed by atoms with van der Waals surface area (Å²) >= 11 is 0. The molecule has 0 saturated carbocycles. The van der Waals surface area contributed by atoms with Gasteiger partial charge in [0.25, 0.3) is 0 Å². The van der Waals surface area contributed by atoms with Gasteiger partial charge < -0.3 is 15.0 Å². The van der Waals surface area contributed by atoms with Crippen molar-refractivity contribution in [1.29, 1.82) is 0 Å². The highest BCUT2D eigenvalue weighted by atomic mass is 16.5. The lowest BCUT2D eigenvalue weighted by Crippen LogP contribution is -2.38. The average molecular weight is 277 g/mol. The highest BCUT2D eigenvalue weighted by molar-refractivity contribution is 5.78. The summed E-state index contributed by atoms with van der Waals surface area (Å²) < 4.78 is 5.37. The first kappa shape index (κ1) is 14.8. The van der Waals surface area contributed by atoms with Gasteiger partial charge in [-0.25, -0.2) is 4.98 Å². The van der Waals surface area contributed by atoms with Crippen LogP contribution in [0.3, 0.4) is 0 Å². The second-order valence-corrected chi connectivity index (χ2v) is 5.11. The van der Waals surface area contributed by atoms with Crippen molar-refractivity contribution < 1.29 is 9.53 Å². The van der Waals surface area contributed by atoms with E-state index in [1.54, 1.807) is 6.20 Å². The summed E-state index contributed by atoms with van der Waals surface area (Å²) in [6.07, 6.45) is 2.65. The van der Waals surface area contributed by atoms with E-state index in [0.29, 0.717) is 6.54 Å². The number of ether oxygens (including phenoxy) is 1. The van der Waals surface area contributed by atoms with Crippen LogP contribution in [0.25, 0.3) is 0 Å². The lowest BCUT2D eigenvalue weighted by atomic mass is 10.1. The van der Waals surface area contributed by atoms with Gasteiger partial charge in [0.15, 0.2) is 0 Å². The van der Waals surface area contributed by atoms with Crippen LogP contribution in [-0.2, 0) is 16.1 Å². The first-order valence-electron chi connectivity index (χ1n) is 7.26. The SMILES string of the molecule is CC[C@@H](C)C(=O)NCc1cccnc1N1CCOCC1. The van der Waals surface area contributed by atoms with Crippen molar-refractivity contribution in [3.05, 3.63) is 23.9 Å². The highest BCUT2D eigenvalue weighted by Gasteiger charge is 2.17. The number of rotatable bonds is 5. The zero-order valence-electron chi connectivity index (χ0n) is 12.3. The second kappa shape index (κ2) is 7.24. The van der Waals surface area contributed by atoms with E-state index in [1.807, 2.05) is 26.0 Å². The number of hydrogen-bond acceptors (Lipinski definition) is 4. The molecule has 1 aromatic rings. The van der Waals surface area contributed by atoms with Crippen LogP contribution in [0.5, 0.6) is 0 Å². The van der Waals surface area contributed by atoms with Crippen molar-refractivity contribution in [3.8, 4) is 0 Å². The number of nitrogens with zero attached hydrogens (tertiary/aromatic N) is 2. The van der Waals surface area contributed by atoms with E-state index in [-0.39, 0.29) is 11.8 Å². The molecule has 0 unspecified atom stereocenters. The minimum Gasteiger partial charge on any atom is -0.378 e. The Balaban J connectivity index is 2.02. The Labute approximate surface area is 120 Å². The van der Waals surface area contributed by atoms with Crippen LogP contribution in [0.4, 0.5) is 5.82 Å². The Morgan fingerprint density at radius 1 is 1.50 bits per heavy atom. The Morgan fingerprint density at radius 3 is 2.95 bits per heavy atom. The van der Waals surface area contributed by atoms with Gasteiger partial charge in [-0.1, -0.05) is 19.9 Å². The molecule has 2 rings (SSSR count). The molecule has 0 aromatic carbocycles. The molecule has 0 radical (unpaired) electrons. The first-order valence-corrected chi connectivity index (χ1v) is 7.26. The molecular formula is C15H23N3O2. The lowest BCUT2D eigenvalue weighted by Gasteiger charge is -2.29. The van der Waals surface area contributed by atoms with Crippen molar-refractivity contribution in [3.63, 3.8) is 0 Å². The standard InChI is InChI=1S/C15H23N3O2/c1-3-12(2)15(19)17-11-13-5-4-6-16-14(13)18-7-9-20-10-8-18/h4-6,12H,3,7-11H2,1-2H3,(H,17,19)/t12-/m1/s1. The van der Waals surface area contributed by atoms with Crippen LogP contribution in [0.1, 0.15) is 25.8 Å².